The van der Waals surface area contributed by atoms with E-state index in [4.69, 9.17) is 12.2 Å². The molecule has 1 aliphatic carbocycles. The van der Waals surface area contributed by atoms with Gasteiger partial charge >= 0.3 is 5.69 Å². The largest absolute Gasteiger partial charge is 0.342 e. The van der Waals surface area contributed by atoms with Crippen LogP contribution in [0.25, 0.3) is 0 Å². The first-order valence-electron chi connectivity index (χ1n) is 5.54. The third-order valence-electron chi connectivity index (χ3n) is 3.67. The molecule has 0 atom stereocenters. The molecule has 2 N–H and O–H groups in total. The summed E-state index contributed by atoms with van der Waals surface area (Å²) in [5.74, 6) is 0. The Morgan fingerprint density at radius 3 is 2.53 bits per heavy atom. The van der Waals surface area contributed by atoms with Gasteiger partial charge in [-0.15, -0.1) is 0 Å². The Balaban J connectivity index is 2.27. The second-order valence-electron chi connectivity index (χ2n) is 4.51. The van der Waals surface area contributed by atoms with Crippen molar-refractivity contribution in [2.45, 2.75) is 45.6 Å². The Hall–Kier alpha value is -0.840. The van der Waals surface area contributed by atoms with Gasteiger partial charge in [-0.1, -0.05) is 19.8 Å². The van der Waals surface area contributed by atoms with Gasteiger partial charge in [-0.2, -0.15) is 0 Å². The number of aromatic nitrogens is 3. The fourth-order valence-electron chi connectivity index (χ4n) is 2.56. The fraction of sp³-hybridized carbons (Fsp3) is 0.800. The van der Waals surface area contributed by atoms with Gasteiger partial charge in [0, 0.05) is 6.54 Å². The highest BCUT2D eigenvalue weighted by Gasteiger charge is 2.32. The minimum Gasteiger partial charge on any atom is -0.272 e. The zero-order chi connectivity index (χ0) is 10.9. The lowest BCUT2D eigenvalue weighted by molar-refractivity contribution is 0.233. The van der Waals surface area contributed by atoms with Gasteiger partial charge in [0.05, 0.1) is 0 Å². The van der Waals surface area contributed by atoms with Crippen molar-refractivity contribution >= 4 is 12.2 Å². The first kappa shape index (κ1) is 10.7. The van der Waals surface area contributed by atoms with E-state index >= 15 is 0 Å². The van der Waals surface area contributed by atoms with E-state index in [-0.39, 0.29) is 5.69 Å². The summed E-state index contributed by atoms with van der Waals surface area (Å²) in [5, 5.41) is 5.22. The van der Waals surface area contributed by atoms with Crippen LogP contribution in [0.1, 0.15) is 39.0 Å². The lowest BCUT2D eigenvalue weighted by Gasteiger charge is -2.27. The van der Waals surface area contributed by atoms with Crippen LogP contribution in [-0.2, 0) is 6.54 Å². The van der Waals surface area contributed by atoms with Gasteiger partial charge in [0.2, 0.25) is 0 Å². The first-order valence-corrected chi connectivity index (χ1v) is 5.95. The predicted octanol–water partition coefficient (Wildman–Crippen LogP) is 2.20. The predicted molar refractivity (Wildman–Crippen MR) is 61.4 cm³/mol. The molecule has 0 bridgehead atoms. The maximum Gasteiger partial charge on any atom is 0.342 e. The molecule has 15 heavy (non-hydrogen) atoms. The topological polar surface area (TPSA) is 53.6 Å². The zero-order valence-electron chi connectivity index (χ0n) is 9.01. The number of nitrogens with one attached hydrogen (secondary N) is 2. The van der Waals surface area contributed by atoms with Gasteiger partial charge in [0.15, 0.2) is 4.77 Å². The second-order valence-corrected chi connectivity index (χ2v) is 4.89. The van der Waals surface area contributed by atoms with Gasteiger partial charge in [-0.05, 0) is 36.9 Å². The Morgan fingerprint density at radius 1 is 1.40 bits per heavy atom. The van der Waals surface area contributed by atoms with Crippen LogP contribution in [0.2, 0.25) is 0 Å². The monoisotopic (exact) mass is 227 g/mol. The third-order valence-corrected chi connectivity index (χ3v) is 4.00. The third kappa shape index (κ3) is 1.93. The number of hydrogen-bond donors (Lipinski definition) is 2. The maximum absolute atomic E-state index is 11.5. The number of rotatable bonds is 3. The fourth-order valence-corrected chi connectivity index (χ4v) is 2.76. The van der Waals surface area contributed by atoms with Crippen LogP contribution in [-0.4, -0.2) is 14.8 Å². The number of hydrogen-bond acceptors (Lipinski definition) is 2. The molecule has 5 heteroatoms. The van der Waals surface area contributed by atoms with E-state index in [2.05, 4.69) is 17.1 Å². The van der Waals surface area contributed by atoms with Gasteiger partial charge in [0.1, 0.15) is 0 Å². The lowest BCUT2D eigenvalue weighted by Crippen LogP contribution is -2.28. The molecular weight excluding hydrogens is 210 g/mol. The average molecular weight is 227 g/mol. The highest BCUT2D eigenvalue weighted by molar-refractivity contribution is 7.71. The Bertz CT molecular complexity index is 409. The molecule has 84 valence electrons. The molecule has 2 rings (SSSR count). The van der Waals surface area contributed by atoms with Gasteiger partial charge < -0.3 is 0 Å². The highest BCUT2D eigenvalue weighted by Crippen LogP contribution is 2.41. The van der Waals surface area contributed by atoms with Crippen LogP contribution in [0.3, 0.4) is 0 Å². The molecule has 1 aliphatic rings. The van der Waals surface area contributed by atoms with Crippen molar-refractivity contribution in [1.29, 1.82) is 0 Å². The minimum atomic E-state index is -0.111. The summed E-state index contributed by atoms with van der Waals surface area (Å²) in [6.45, 7) is 2.97. The van der Waals surface area contributed by atoms with Crippen molar-refractivity contribution in [2.24, 2.45) is 5.41 Å². The Kier molecular flexibility index (Phi) is 2.82. The summed E-state index contributed by atoms with van der Waals surface area (Å²) in [7, 11) is 0. The van der Waals surface area contributed by atoms with Crippen molar-refractivity contribution in [1.82, 2.24) is 14.8 Å². The lowest BCUT2D eigenvalue weighted by atomic mass is 9.83. The smallest absolute Gasteiger partial charge is 0.272 e. The summed E-state index contributed by atoms with van der Waals surface area (Å²) in [4.78, 5) is 11.5. The van der Waals surface area contributed by atoms with E-state index in [1.54, 1.807) is 4.57 Å². The van der Waals surface area contributed by atoms with Crippen molar-refractivity contribution in [3.63, 3.8) is 0 Å². The van der Waals surface area contributed by atoms with E-state index in [0.717, 1.165) is 13.0 Å². The molecule has 1 aromatic rings. The van der Waals surface area contributed by atoms with E-state index in [9.17, 15) is 4.79 Å². The molecule has 0 unspecified atom stereocenters. The first-order chi connectivity index (χ1) is 7.17. The maximum atomic E-state index is 11.5. The van der Waals surface area contributed by atoms with E-state index in [1.807, 2.05) is 0 Å². The van der Waals surface area contributed by atoms with Gasteiger partial charge in [0.25, 0.3) is 0 Å². The number of nitrogens with zero attached hydrogens (tertiary/aromatic N) is 1. The highest BCUT2D eigenvalue weighted by atomic mass is 32.1. The molecule has 1 aromatic heterocycles. The molecule has 1 saturated carbocycles. The summed E-state index contributed by atoms with van der Waals surface area (Å²) in [5.41, 5.74) is 0.188. The summed E-state index contributed by atoms with van der Waals surface area (Å²) in [6.07, 6.45) is 6.12. The summed E-state index contributed by atoms with van der Waals surface area (Å²) in [6, 6.07) is 0. The van der Waals surface area contributed by atoms with Crippen LogP contribution in [0.4, 0.5) is 0 Å². The van der Waals surface area contributed by atoms with Crippen molar-refractivity contribution in [3.8, 4) is 0 Å². The number of aromatic amines is 2. The summed E-state index contributed by atoms with van der Waals surface area (Å²) < 4.78 is 2.17. The molecule has 1 fully saturated rings. The average Bonchev–Trinajstić information content (AvgIpc) is 2.81. The molecule has 0 aliphatic heterocycles. The Morgan fingerprint density at radius 2 is 2.07 bits per heavy atom. The SMILES string of the molecule is CCC1(Cn2c(=O)[nH][nH]c2=S)CCCC1. The quantitative estimate of drug-likeness (QED) is 0.778. The van der Waals surface area contributed by atoms with Crippen LogP contribution >= 0.6 is 12.2 Å². The molecule has 0 aromatic carbocycles. The van der Waals surface area contributed by atoms with Crippen LogP contribution in [0.5, 0.6) is 0 Å². The molecule has 0 radical (unpaired) electrons. The molecule has 0 spiro atoms. The Labute approximate surface area is 93.7 Å². The van der Waals surface area contributed by atoms with Crippen molar-refractivity contribution < 1.29 is 0 Å². The molecule has 4 nitrogen and oxygen atoms in total. The van der Waals surface area contributed by atoms with Crippen LogP contribution in [0, 0.1) is 10.2 Å². The number of H-pyrrole nitrogens is 2. The molecular formula is C10H17N3OS. The molecule has 0 amide bonds. The second kappa shape index (κ2) is 3.96. The van der Waals surface area contributed by atoms with Crippen LogP contribution < -0.4 is 5.69 Å². The van der Waals surface area contributed by atoms with Gasteiger partial charge in [-0.3, -0.25) is 9.67 Å². The van der Waals surface area contributed by atoms with Crippen molar-refractivity contribution in [3.05, 3.63) is 15.3 Å². The van der Waals surface area contributed by atoms with E-state index < -0.39 is 0 Å². The molecule has 0 saturated heterocycles. The normalized spacial score (nSPS) is 19.5. The van der Waals surface area contributed by atoms with E-state index in [0.29, 0.717) is 10.2 Å². The standard InChI is InChI=1S/C10H17N3OS/c1-2-10(5-3-4-6-10)7-13-8(14)11-12-9(13)15/h2-7H2,1H3,(H,11,14)(H,12,15). The van der Waals surface area contributed by atoms with Crippen molar-refractivity contribution in [2.75, 3.05) is 0 Å². The summed E-state index contributed by atoms with van der Waals surface area (Å²) >= 11 is 5.08. The zero-order valence-corrected chi connectivity index (χ0v) is 9.82. The van der Waals surface area contributed by atoms with E-state index in [1.165, 1.54) is 25.7 Å². The van der Waals surface area contributed by atoms with Crippen LogP contribution in [0.15, 0.2) is 4.79 Å². The van der Waals surface area contributed by atoms with Gasteiger partial charge in [-0.25, -0.2) is 9.89 Å². The minimum absolute atomic E-state index is 0.111. The molecule has 1 heterocycles.